The van der Waals surface area contributed by atoms with Crippen LogP contribution in [0.5, 0.6) is 11.6 Å². The van der Waals surface area contributed by atoms with Crippen LogP contribution in [-0.4, -0.2) is 4.98 Å². The van der Waals surface area contributed by atoms with Crippen LogP contribution in [0.15, 0.2) is 34.9 Å². The Morgan fingerprint density at radius 3 is 2.76 bits per heavy atom. The number of ether oxygens (including phenoxy) is 1. The number of hydrogen-bond donors (Lipinski definition) is 0. The van der Waals surface area contributed by atoms with Crippen molar-refractivity contribution in [3.8, 4) is 11.6 Å². The third-order valence-corrected chi connectivity index (χ3v) is 2.83. The maximum Gasteiger partial charge on any atom is 0.222 e. The molecule has 5 heteroatoms. The number of halogens is 3. The van der Waals surface area contributed by atoms with Gasteiger partial charge in [-0.2, -0.15) is 0 Å². The fourth-order valence-electron chi connectivity index (χ4n) is 1.30. The summed E-state index contributed by atoms with van der Waals surface area (Å²) in [5.74, 6) is 0.426. The minimum absolute atomic E-state index is 0.217. The van der Waals surface area contributed by atoms with Gasteiger partial charge in [-0.25, -0.2) is 9.37 Å². The van der Waals surface area contributed by atoms with Gasteiger partial charge in [-0.05, 0) is 47.1 Å². The van der Waals surface area contributed by atoms with Crippen LogP contribution in [0, 0.1) is 12.7 Å². The maximum atomic E-state index is 12.9. The number of benzene rings is 1. The third-order valence-electron chi connectivity index (χ3n) is 2.10. The van der Waals surface area contributed by atoms with Crippen molar-refractivity contribution in [2.24, 2.45) is 0 Å². The van der Waals surface area contributed by atoms with Gasteiger partial charge < -0.3 is 4.74 Å². The molecule has 0 radical (unpaired) electrons. The summed E-state index contributed by atoms with van der Waals surface area (Å²) < 4.78 is 19.2. The van der Waals surface area contributed by atoms with E-state index >= 15 is 0 Å². The Kier molecular flexibility index (Phi) is 3.64. The van der Waals surface area contributed by atoms with Crippen molar-refractivity contribution in [3.05, 3.63) is 51.3 Å². The predicted octanol–water partition coefficient (Wildman–Crippen LogP) is 4.74. The molecule has 1 heterocycles. The molecule has 0 atom stereocenters. The molecule has 0 saturated carbocycles. The molecule has 0 aliphatic heterocycles. The SMILES string of the molecule is Cc1cc(Br)cnc1Oc1ccc(F)cc1Cl. The van der Waals surface area contributed by atoms with E-state index in [0.29, 0.717) is 11.6 Å². The molecule has 0 fully saturated rings. The van der Waals surface area contributed by atoms with Crippen LogP contribution in [0.1, 0.15) is 5.56 Å². The Balaban J connectivity index is 2.31. The predicted molar refractivity (Wildman–Crippen MR) is 68.2 cm³/mol. The molecule has 2 aromatic rings. The fraction of sp³-hybridized carbons (Fsp3) is 0.0833. The van der Waals surface area contributed by atoms with Crippen LogP contribution in [0.25, 0.3) is 0 Å². The normalized spacial score (nSPS) is 10.4. The van der Waals surface area contributed by atoms with Crippen molar-refractivity contribution >= 4 is 27.5 Å². The van der Waals surface area contributed by atoms with Crippen LogP contribution >= 0.6 is 27.5 Å². The van der Waals surface area contributed by atoms with Crippen LogP contribution in [0.2, 0.25) is 5.02 Å². The van der Waals surface area contributed by atoms with E-state index in [9.17, 15) is 4.39 Å². The van der Waals surface area contributed by atoms with Gasteiger partial charge in [0.15, 0.2) is 0 Å². The smallest absolute Gasteiger partial charge is 0.222 e. The number of rotatable bonds is 2. The highest BCUT2D eigenvalue weighted by Gasteiger charge is 2.07. The van der Waals surface area contributed by atoms with Gasteiger partial charge in [-0.1, -0.05) is 11.6 Å². The molecule has 0 unspecified atom stereocenters. The maximum absolute atomic E-state index is 12.9. The summed E-state index contributed by atoms with van der Waals surface area (Å²) in [7, 11) is 0. The molecule has 0 saturated heterocycles. The molecular weight excluding hydrogens is 308 g/mol. The highest BCUT2D eigenvalue weighted by Crippen LogP contribution is 2.30. The molecule has 1 aromatic carbocycles. The average Bonchev–Trinajstić information content (AvgIpc) is 2.25. The van der Waals surface area contributed by atoms with E-state index in [1.54, 1.807) is 6.20 Å². The lowest BCUT2D eigenvalue weighted by atomic mass is 10.3. The Morgan fingerprint density at radius 2 is 2.12 bits per heavy atom. The van der Waals surface area contributed by atoms with E-state index in [4.69, 9.17) is 16.3 Å². The highest BCUT2D eigenvalue weighted by molar-refractivity contribution is 9.10. The van der Waals surface area contributed by atoms with Crippen molar-refractivity contribution in [2.75, 3.05) is 0 Å². The molecule has 0 amide bonds. The average molecular weight is 317 g/mol. The molecular formula is C12H8BrClFNO. The van der Waals surface area contributed by atoms with Gasteiger partial charge in [0.25, 0.3) is 0 Å². The first-order chi connectivity index (χ1) is 8.06. The number of pyridine rings is 1. The zero-order valence-electron chi connectivity index (χ0n) is 8.88. The Bertz CT molecular complexity index is 513. The van der Waals surface area contributed by atoms with Crippen molar-refractivity contribution in [1.29, 1.82) is 0 Å². The highest BCUT2D eigenvalue weighted by atomic mass is 79.9. The monoisotopic (exact) mass is 315 g/mol. The van der Waals surface area contributed by atoms with Crippen molar-refractivity contribution in [1.82, 2.24) is 4.98 Å². The Hall–Kier alpha value is -1.13. The van der Waals surface area contributed by atoms with Crippen LogP contribution < -0.4 is 4.74 Å². The fourth-order valence-corrected chi connectivity index (χ4v) is 1.95. The van der Waals surface area contributed by atoms with Crippen LogP contribution in [0.3, 0.4) is 0 Å². The van der Waals surface area contributed by atoms with E-state index < -0.39 is 5.82 Å². The summed E-state index contributed by atoms with van der Waals surface area (Å²) in [4.78, 5) is 4.12. The van der Waals surface area contributed by atoms with Crippen molar-refractivity contribution < 1.29 is 9.13 Å². The Morgan fingerprint density at radius 1 is 1.35 bits per heavy atom. The number of nitrogens with zero attached hydrogens (tertiary/aromatic N) is 1. The first-order valence-corrected chi connectivity index (χ1v) is 5.98. The summed E-state index contributed by atoms with van der Waals surface area (Å²) in [5, 5.41) is 0.217. The largest absolute Gasteiger partial charge is 0.437 e. The molecule has 0 aliphatic carbocycles. The first-order valence-electron chi connectivity index (χ1n) is 4.81. The van der Waals surface area contributed by atoms with Crippen molar-refractivity contribution in [2.45, 2.75) is 6.92 Å². The molecule has 2 nitrogen and oxygen atoms in total. The molecule has 0 N–H and O–H groups in total. The topological polar surface area (TPSA) is 22.1 Å². The molecule has 0 aliphatic rings. The molecule has 0 spiro atoms. The van der Waals surface area contributed by atoms with E-state index in [0.717, 1.165) is 10.0 Å². The second kappa shape index (κ2) is 5.02. The minimum Gasteiger partial charge on any atom is -0.437 e. The van der Waals surface area contributed by atoms with Gasteiger partial charge in [-0.15, -0.1) is 0 Å². The lowest BCUT2D eigenvalue weighted by Crippen LogP contribution is -1.92. The minimum atomic E-state index is -0.400. The summed E-state index contributed by atoms with van der Waals surface area (Å²) >= 11 is 9.17. The number of aryl methyl sites for hydroxylation is 1. The molecule has 0 bridgehead atoms. The second-order valence-electron chi connectivity index (χ2n) is 3.45. The van der Waals surface area contributed by atoms with Gasteiger partial charge in [0.2, 0.25) is 5.88 Å². The Labute approximate surface area is 112 Å². The van der Waals surface area contributed by atoms with Crippen LogP contribution in [0.4, 0.5) is 4.39 Å². The summed E-state index contributed by atoms with van der Waals surface area (Å²) in [6, 6.07) is 5.83. The number of aromatic nitrogens is 1. The first kappa shape index (κ1) is 12.3. The molecule has 1 aromatic heterocycles. The van der Waals surface area contributed by atoms with E-state index in [1.165, 1.54) is 18.2 Å². The third kappa shape index (κ3) is 2.96. The second-order valence-corrected chi connectivity index (χ2v) is 4.78. The molecule has 17 heavy (non-hydrogen) atoms. The standard InChI is InChI=1S/C12H8BrClFNO/c1-7-4-8(13)6-16-12(7)17-11-3-2-9(15)5-10(11)14/h2-6H,1H3. The number of hydrogen-bond acceptors (Lipinski definition) is 2. The van der Waals surface area contributed by atoms with Gasteiger partial charge >= 0.3 is 0 Å². The van der Waals surface area contributed by atoms with Gasteiger partial charge in [-0.3, -0.25) is 0 Å². The lowest BCUT2D eigenvalue weighted by Gasteiger charge is -2.08. The molecule has 2 rings (SSSR count). The zero-order valence-corrected chi connectivity index (χ0v) is 11.2. The van der Waals surface area contributed by atoms with E-state index in [-0.39, 0.29) is 5.02 Å². The van der Waals surface area contributed by atoms with Gasteiger partial charge in [0, 0.05) is 16.2 Å². The summed E-state index contributed by atoms with van der Waals surface area (Å²) in [6.07, 6.45) is 1.62. The summed E-state index contributed by atoms with van der Waals surface area (Å²) in [5.41, 5.74) is 0.861. The molecule has 88 valence electrons. The van der Waals surface area contributed by atoms with E-state index in [2.05, 4.69) is 20.9 Å². The van der Waals surface area contributed by atoms with Gasteiger partial charge in [0.1, 0.15) is 11.6 Å². The van der Waals surface area contributed by atoms with Gasteiger partial charge in [0.05, 0.1) is 5.02 Å². The van der Waals surface area contributed by atoms with Crippen LogP contribution in [-0.2, 0) is 0 Å². The van der Waals surface area contributed by atoms with Crippen molar-refractivity contribution in [3.63, 3.8) is 0 Å². The van der Waals surface area contributed by atoms with E-state index in [1.807, 2.05) is 13.0 Å². The quantitative estimate of drug-likeness (QED) is 0.798. The zero-order chi connectivity index (χ0) is 12.4. The lowest BCUT2D eigenvalue weighted by molar-refractivity contribution is 0.457. The summed E-state index contributed by atoms with van der Waals surface area (Å²) in [6.45, 7) is 1.87.